The largest absolute Gasteiger partial charge is 0.391 e. The average molecular weight is 280 g/mol. The van der Waals surface area contributed by atoms with Crippen molar-refractivity contribution in [2.75, 3.05) is 26.2 Å². The summed E-state index contributed by atoms with van der Waals surface area (Å²) in [7, 11) is 0. The van der Waals surface area contributed by atoms with Gasteiger partial charge >= 0.3 is 0 Å². The van der Waals surface area contributed by atoms with Crippen LogP contribution in [0.3, 0.4) is 0 Å². The maximum atomic E-state index is 10.5. The molecule has 5 atom stereocenters. The van der Waals surface area contributed by atoms with Crippen LogP contribution in [0.5, 0.6) is 0 Å². The fraction of sp³-hybridized carbons (Fsp3) is 1.00. The molecule has 116 valence electrons. The molecule has 2 saturated heterocycles. The number of nitrogens with zero attached hydrogens (tertiary/aromatic N) is 2. The van der Waals surface area contributed by atoms with E-state index in [1.54, 1.807) is 0 Å². The molecule has 2 aliphatic heterocycles. The van der Waals surface area contributed by atoms with Gasteiger partial charge in [-0.25, -0.2) is 0 Å². The lowest BCUT2D eigenvalue weighted by molar-refractivity contribution is -0.0180. The molecule has 3 fully saturated rings. The normalized spacial score (nSPS) is 44.9. The Morgan fingerprint density at radius 3 is 2.35 bits per heavy atom. The summed E-state index contributed by atoms with van der Waals surface area (Å²) in [6.07, 6.45) is 7.68. The number of aliphatic hydroxyl groups excluding tert-OH is 1. The predicted octanol–water partition coefficient (Wildman–Crippen LogP) is 2.34. The first-order valence-electron chi connectivity index (χ1n) is 8.81. The van der Waals surface area contributed by atoms with Crippen molar-refractivity contribution in [3.63, 3.8) is 0 Å². The van der Waals surface area contributed by atoms with Crippen molar-refractivity contribution in [2.45, 2.75) is 70.6 Å². The second-order valence-electron chi connectivity index (χ2n) is 7.65. The quantitative estimate of drug-likeness (QED) is 0.841. The van der Waals surface area contributed by atoms with E-state index in [-0.39, 0.29) is 6.10 Å². The summed E-state index contributed by atoms with van der Waals surface area (Å²) in [5.41, 5.74) is 0. The molecule has 0 aromatic rings. The van der Waals surface area contributed by atoms with Crippen LogP contribution in [0.2, 0.25) is 0 Å². The molecule has 0 aromatic heterocycles. The Morgan fingerprint density at radius 2 is 1.65 bits per heavy atom. The van der Waals surface area contributed by atoms with E-state index < -0.39 is 0 Å². The SMILES string of the molecule is CC1CC(C)C(N2CCC(N3CCCCC3)C2)C(O)C1. The van der Waals surface area contributed by atoms with E-state index in [1.807, 2.05) is 0 Å². The van der Waals surface area contributed by atoms with Crippen LogP contribution in [-0.4, -0.2) is 59.3 Å². The van der Waals surface area contributed by atoms with Crippen molar-refractivity contribution in [3.8, 4) is 0 Å². The van der Waals surface area contributed by atoms with Crippen molar-refractivity contribution in [3.05, 3.63) is 0 Å². The first kappa shape index (κ1) is 14.8. The fourth-order valence-corrected chi connectivity index (χ4v) is 5.02. The highest BCUT2D eigenvalue weighted by molar-refractivity contribution is 4.95. The van der Waals surface area contributed by atoms with Gasteiger partial charge in [-0.15, -0.1) is 0 Å². The third-order valence-electron chi connectivity index (χ3n) is 5.92. The van der Waals surface area contributed by atoms with E-state index in [0.29, 0.717) is 17.9 Å². The van der Waals surface area contributed by atoms with E-state index in [9.17, 15) is 5.11 Å². The summed E-state index contributed by atoms with van der Waals surface area (Å²) in [5.74, 6) is 1.34. The summed E-state index contributed by atoms with van der Waals surface area (Å²) in [5, 5.41) is 10.5. The van der Waals surface area contributed by atoms with Gasteiger partial charge in [-0.05, 0) is 57.0 Å². The minimum Gasteiger partial charge on any atom is -0.391 e. The zero-order valence-electron chi connectivity index (χ0n) is 13.3. The number of piperidine rings is 1. The van der Waals surface area contributed by atoms with Crippen LogP contribution >= 0.6 is 0 Å². The molecule has 2 heterocycles. The van der Waals surface area contributed by atoms with Gasteiger partial charge in [0.1, 0.15) is 0 Å². The smallest absolute Gasteiger partial charge is 0.0700 e. The minimum atomic E-state index is -0.103. The molecule has 1 saturated carbocycles. The van der Waals surface area contributed by atoms with Gasteiger partial charge in [0, 0.05) is 25.2 Å². The monoisotopic (exact) mass is 280 g/mol. The molecule has 5 unspecified atom stereocenters. The van der Waals surface area contributed by atoms with E-state index in [1.165, 1.54) is 58.3 Å². The molecule has 3 heteroatoms. The van der Waals surface area contributed by atoms with E-state index in [2.05, 4.69) is 23.6 Å². The molecule has 3 aliphatic rings. The molecule has 3 rings (SSSR count). The first-order valence-corrected chi connectivity index (χ1v) is 8.81. The van der Waals surface area contributed by atoms with Crippen LogP contribution in [-0.2, 0) is 0 Å². The minimum absolute atomic E-state index is 0.103. The molecule has 3 nitrogen and oxygen atoms in total. The highest BCUT2D eigenvalue weighted by Gasteiger charge is 2.40. The Hall–Kier alpha value is -0.120. The Kier molecular flexibility index (Phi) is 4.68. The van der Waals surface area contributed by atoms with E-state index in [0.717, 1.165) is 12.5 Å². The molecule has 0 radical (unpaired) electrons. The molecular formula is C17H32N2O. The van der Waals surface area contributed by atoms with E-state index >= 15 is 0 Å². The van der Waals surface area contributed by atoms with Gasteiger partial charge in [-0.3, -0.25) is 9.80 Å². The lowest BCUT2D eigenvalue weighted by Gasteiger charge is -2.42. The standard InChI is InChI=1S/C17H32N2O/c1-13-10-14(2)17(16(20)11-13)19-9-6-15(12-19)18-7-4-3-5-8-18/h13-17,20H,3-12H2,1-2H3. The maximum Gasteiger partial charge on any atom is 0.0700 e. The molecule has 20 heavy (non-hydrogen) atoms. The Morgan fingerprint density at radius 1 is 0.900 bits per heavy atom. The van der Waals surface area contributed by atoms with Crippen LogP contribution in [0, 0.1) is 11.8 Å². The second kappa shape index (κ2) is 6.33. The molecule has 0 amide bonds. The highest BCUT2D eigenvalue weighted by atomic mass is 16.3. The van der Waals surface area contributed by atoms with E-state index in [4.69, 9.17) is 0 Å². The van der Waals surface area contributed by atoms with Crippen LogP contribution in [0.4, 0.5) is 0 Å². The average Bonchev–Trinajstić information content (AvgIpc) is 2.88. The predicted molar refractivity (Wildman–Crippen MR) is 82.8 cm³/mol. The number of hydrogen-bond donors (Lipinski definition) is 1. The Bertz CT molecular complexity index is 304. The van der Waals surface area contributed by atoms with Crippen molar-refractivity contribution in [2.24, 2.45) is 11.8 Å². The summed E-state index contributed by atoms with van der Waals surface area (Å²) in [6.45, 7) is 9.63. The van der Waals surface area contributed by atoms with Crippen molar-refractivity contribution >= 4 is 0 Å². The van der Waals surface area contributed by atoms with Gasteiger partial charge < -0.3 is 5.11 Å². The van der Waals surface area contributed by atoms with Gasteiger partial charge in [0.15, 0.2) is 0 Å². The molecular weight excluding hydrogens is 248 g/mol. The number of rotatable bonds is 2. The van der Waals surface area contributed by atoms with Gasteiger partial charge in [-0.2, -0.15) is 0 Å². The lowest BCUT2D eigenvalue weighted by Crippen LogP contribution is -2.51. The third-order valence-corrected chi connectivity index (χ3v) is 5.92. The number of hydrogen-bond acceptors (Lipinski definition) is 3. The van der Waals surface area contributed by atoms with Gasteiger partial charge in [0.05, 0.1) is 6.10 Å². The highest BCUT2D eigenvalue weighted by Crippen LogP contribution is 2.34. The number of aliphatic hydroxyl groups is 1. The summed E-state index contributed by atoms with van der Waals surface area (Å²) >= 11 is 0. The van der Waals surface area contributed by atoms with Gasteiger partial charge in [-0.1, -0.05) is 20.3 Å². The topological polar surface area (TPSA) is 26.7 Å². The first-order chi connectivity index (χ1) is 9.65. The molecule has 0 aromatic carbocycles. The van der Waals surface area contributed by atoms with Gasteiger partial charge in [0.25, 0.3) is 0 Å². The zero-order valence-corrected chi connectivity index (χ0v) is 13.3. The van der Waals surface area contributed by atoms with Crippen LogP contribution in [0.25, 0.3) is 0 Å². The van der Waals surface area contributed by atoms with Crippen molar-refractivity contribution in [1.29, 1.82) is 0 Å². The molecule has 0 bridgehead atoms. The van der Waals surface area contributed by atoms with Crippen LogP contribution in [0.1, 0.15) is 52.4 Å². The molecule has 1 aliphatic carbocycles. The van der Waals surface area contributed by atoms with Crippen LogP contribution < -0.4 is 0 Å². The lowest BCUT2D eigenvalue weighted by atomic mass is 9.77. The maximum absolute atomic E-state index is 10.5. The Balaban J connectivity index is 1.58. The third kappa shape index (κ3) is 3.05. The van der Waals surface area contributed by atoms with Crippen molar-refractivity contribution < 1.29 is 5.11 Å². The zero-order chi connectivity index (χ0) is 14.1. The fourth-order valence-electron chi connectivity index (χ4n) is 5.02. The molecule has 0 spiro atoms. The summed E-state index contributed by atoms with van der Waals surface area (Å²) in [4.78, 5) is 5.33. The number of likely N-dealkylation sites (tertiary alicyclic amines) is 2. The summed E-state index contributed by atoms with van der Waals surface area (Å²) < 4.78 is 0. The van der Waals surface area contributed by atoms with Gasteiger partial charge in [0.2, 0.25) is 0 Å². The molecule has 1 N–H and O–H groups in total. The second-order valence-corrected chi connectivity index (χ2v) is 7.65. The Labute approximate surface area is 124 Å². The van der Waals surface area contributed by atoms with Crippen molar-refractivity contribution in [1.82, 2.24) is 9.80 Å². The summed E-state index contributed by atoms with van der Waals surface area (Å²) in [6, 6.07) is 1.18. The van der Waals surface area contributed by atoms with Crippen LogP contribution in [0.15, 0.2) is 0 Å².